The average Bonchev–Trinajstić information content (AvgIpc) is 2.22. The van der Waals surface area contributed by atoms with Crippen LogP contribution in [-0.2, 0) is 4.74 Å². The molecule has 16 heavy (non-hydrogen) atoms. The fraction of sp³-hybridized carbons (Fsp3) is 0.538. The van der Waals surface area contributed by atoms with Gasteiger partial charge in [-0.3, -0.25) is 4.90 Å². The molecule has 0 bridgehead atoms. The molecule has 90 valence electrons. The molecule has 3 nitrogen and oxygen atoms in total. The molecule has 0 aliphatic carbocycles. The maximum atomic E-state index is 9.96. The molecular formula is C13H21NO2. The van der Waals surface area contributed by atoms with Crippen LogP contribution in [0.3, 0.4) is 0 Å². The first-order valence-corrected chi connectivity index (χ1v) is 5.58. The molecule has 0 radical (unpaired) electrons. The molecule has 1 N–H and O–H groups in total. The number of likely N-dealkylation sites (tertiary alicyclic amines) is 1. The second-order valence-electron chi connectivity index (χ2n) is 3.97. The van der Waals surface area contributed by atoms with E-state index in [1.165, 1.54) is 0 Å². The van der Waals surface area contributed by atoms with Crippen LogP contribution in [0, 0.1) is 0 Å². The zero-order chi connectivity index (χ0) is 12.0. The average molecular weight is 223 g/mol. The normalized spacial score (nSPS) is 27.6. The third-order valence-corrected chi connectivity index (χ3v) is 2.93. The fourth-order valence-corrected chi connectivity index (χ4v) is 2.06. The highest BCUT2D eigenvalue weighted by Gasteiger charge is 2.42. The van der Waals surface area contributed by atoms with Crippen LogP contribution in [-0.4, -0.2) is 48.5 Å². The Hall–Kier alpha value is -0.900. The van der Waals surface area contributed by atoms with E-state index in [4.69, 9.17) is 4.74 Å². The minimum Gasteiger partial charge on any atom is -0.391 e. The molecule has 0 aromatic carbocycles. The van der Waals surface area contributed by atoms with Crippen LogP contribution in [0.2, 0.25) is 0 Å². The largest absolute Gasteiger partial charge is 0.391 e. The zero-order valence-corrected chi connectivity index (χ0v) is 9.88. The third kappa shape index (κ3) is 3.04. The number of allylic oxidation sites excluding steroid dienone is 2. The molecule has 1 aliphatic rings. The summed E-state index contributed by atoms with van der Waals surface area (Å²) in [6.45, 7) is 8.97. The van der Waals surface area contributed by atoms with E-state index in [1.54, 1.807) is 19.3 Å². The summed E-state index contributed by atoms with van der Waals surface area (Å²) in [5, 5.41) is 9.96. The van der Waals surface area contributed by atoms with Crippen molar-refractivity contribution in [2.24, 2.45) is 0 Å². The summed E-state index contributed by atoms with van der Waals surface area (Å²) in [6.07, 6.45) is 7.78. The number of hydrogen-bond donors (Lipinski definition) is 1. The molecule has 1 heterocycles. The first-order chi connectivity index (χ1) is 7.74. The molecule has 3 atom stereocenters. The smallest absolute Gasteiger partial charge is 0.0878 e. The molecule has 0 aromatic rings. The second-order valence-corrected chi connectivity index (χ2v) is 3.97. The molecule has 0 amide bonds. The Morgan fingerprint density at radius 3 is 2.88 bits per heavy atom. The van der Waals surface area contributed by atoms with Gasteiger partial charge in [0.25, 0.3) is 0 Å². The van der Waals surface area contributed by atoms with Crippen LogP contribution in [0.1, 0.15) is 6.42 Å². The maximum Gasteiger partial charge on any atom is 0.0878 e. The van der Waals surface area contributed by atoms with Crippen LogP contribution < -0.4 is 0 Å². The van der Waals surface area contributed by atoms with E-state index in [-0.39, 0.29) is 12.1 Å². The fourth-order valence-electron chi connectivity index (χ4n) is 2.06. The van der Waals surface area contributed by atoms with Gasteiger partial charge in [-0.15, -0.1) is 6.58 Å². The standard InChI is InChI=1S/C13H21NO2/c1-4-6-7-9-14-10-12(16-3)13(14)11(15)8-5-2/h4-7,11-13,15H,1-2,8-10H2,3H3/b7-6+/t11-,12+,13+/m1/s1. The van der Waals surface area contributed by atoms with Crippen molar-refractivity contribution in [3.8, 4) is 0 Å². The number of hydrogen-bond acceptors (Lipinski definition) is 3. The quantitative estimate of drug-likeness (QED) is 0.522. The van der Waals surface area contributed by atoms with E-state index in [2.05, 4.69) is 18.1 Å². The van der Waals surface area contributed by atoms with Gasteiger partial charge in [0.15, 0.2) is 0 Å². The van der Waals surface area contributed by atoms with Gasteiger partial charge in [0.2, 0.25) is 0 Å². The minimum atomic E-state index is -0.395. The summed E-state index contributed by atoms with van der Waals surface area (Å²) in [5.74, 6) is 0. The highest BCUT2D eigenvalue weighted by atomic mass is 16.5. The first-order valence-electron chi connectivity index (χ1n) is 5.58. The van der Waals surface area contributed by atoms with E-state index in [1.807, 2.05) is 12.2 Å². The van der Waals surface area contributed by atoms with Gasteiger partial charge in [-0.05, 0) is 6.42 Å². The van der Waals surface area contributed by atoms with E-state index >= 15 is 0 Å². The molecular weight excluding hydrogens is 202 g/mol. The van der Waals surface area contributed by atoms with E-state index < -0.39 is 6.10 Å². The topological polar surface area (TPSA) is 32.7 Å². The molecule has 0 unspecified atom stereocenters. The van der Waals surface area contributed by atoms with Gasteiger partial charge < -0.3 is 9.84 Å². The summed E-state index contributed by atoms with van der Waals surface area (Å²) in [5.41, 5.74) is 0. The predicted octanol–water partition coefficient (Wildman–Crippen LogP) is 1.36. The van der Waals surface area contributed by atoms with Gasteiger partial charge in [-0.2, -0.15) is 0 Å². The van der Waals surface area contributed by atoms with Crippen LogP contribution in [0.4, 0.5) is 0 Å². The highest BCUT2D eigenvalue weighted by Crippen LogP contribution is 2.25. The Morgan fingerprint density at radius 1 is 1.56 bits per heavy atom. The minimum absolute atomic E-state index is 0.0810. The van der Waals surface area contributed by atoms with Crippen molar-refractivity contribution in [1.29, 1.82) is 0 Å². The predicted molar refractivity (Wildman–Crippen MR) is 66.3 cm³/mol. The van der Waals surface area contributed by atoms with Gasteiger partial charge in [-0.1, -0.05) is 30.9 Å². The summed E-state index contributed by atoms with van der Waals surface area (Å²) in [6, 6.07) is 0.0810. The van der Waals surface area contributed by atoms with Gasteiger partial charge in [0.05, 0.1) is 18.2 Å². The Kier molecular flexibility index (Phi) is 5.46. The van der Waals surface area contributed by atoms with Gasteiger partial charge >= 0.3 is 0 Å². The monoisotopic (exact) mass is 223 g/mol. The molecule has 1 saturated heterocycles. The second kappa shape index (κ2) is 6.63. The molecule has 1 rings (SSSR count). The van der Waals surface area contributed by atoms with Crippen molar-refractivity contribution in [3.05, 3.63) is 37.5 Å². The lowest BCUT2D eigenvalue weighted by Gasteiger charge is -2.48. The van der Waals surface area contributed by atoms with Crippen molar-refractivity contribution in [2.75, 3.05) is 20.2 Å². The lowest BCUT2D eigenvalue weighted by atomic mass is 9.91. The molecule has 0 aromatic heterocycles. The van der Waals surface area contributed by atoms with Gasteiger partial charge in [0, 0.05) is 20.2 Å². The first kappa shape index (κ1) is 13.2. The third-order valence-electron chi connectivity index (χ3n) is 2.93. The number of rotatable bonds is 7. The van der Waals surface area contributed by atoms with Gasteiger partial charge in [-0.25, -0.2) is 0 Å². The Labute approximate surface area is 97.7 Å². The highest BCUT2D eigenvalue weighted by molar-refractivity contribution is 5.04. The summed E-state index contributed by atoms with van der Waals surface area (Å²) < 4.78 is 5.32. The van der Waals surface area contributed by atoms with Crippen LogP contribution in [0.15, 0.2) is 37.5 Å². The van der Waals surface area contributed by atoms with Crippen molar-refractivity contribution in [3.63, 3.8) is 0 Å². The number of ether oxygens (including phenoxy) is 1. The molecule has 0 saturated carbocycles. The Morgan fingerprint density at radius 2 is 2.31 bits per heavy atom. The Balaban J connectivity index is 2.49. The van der Waals surface area contributed by atoms with E-state index in [0.29, 0.717) is 6.42 Å². The lowest BCUT2D eigenvalue weighted by molar-refractivity contribution is -0.123. The van der Waals surface area contributed by atoms with Crippen LogP contribution >= 0.6 is 0 Å². The SMILES string of the molecule is C=C/C=C/CN1C[C@H](OC)[C@@H]1[C@H](O)CC=C. The summed E-state index contributed by atoms with van der Waals surface area (Å²) in [7, 11) is 1.69. The number of methoxy groups -OCH3 is 1. The molecule has 0 spiro atoms. The summed E-state index contributed by atoms with van der Waals surface area (Å²) >= 11 is 0. The lowest BCUT2D eigenvalue weighted by Crippen LogP contribution is -2.65. The zero-order valence-electron chi connectivity index (χ0n) is 9.88. The molecule has 1 aliphatic heterocycles. The van der Waals surface area contributed by atoms with E-state index in [0.717, 1.165) is 13.1 Å². The number of aliphatic hydroxyl groups excluding tert-OH is 1. The summed E-state index contributed by atoms with van der Waals surface area (Å²) in [4.78, 5) is 2.20. The van der Waals surface area contributed by atoms with Crippen molar-refractivity contribution < 1.29 is 9.84 Å². The van der Waals surface area contributed by atoms with Crippen LogP contribution in [0.25, 0.3) is 0 Å². The molecule has 1 fully saturated rings. The van der Waals surface area contributed by atoms with Crippen molar-refractivity contribution >= 4 is 0 Å². The molecule has 3 heteroatoms. The van der Waals surface area contributed by atoms with Crippen molar-refractivity contribution in [1.82, 2.24) is 4.90 Å². The maximum absolute atomic E-state index is 9.96. The number of nitrogens with zero attached hydrogens (tertiary/aromatic N) is 1. The Bertz CT molecular complexity index is 263. The van der Waals surface area contributed by atoms with Crippen LogP contribution in [0.5, 0.6) is 0 Å². The van der Waals surface area contributed by atoms with Gasteiger partial charge in [0.1, 0.15) is 0 Å². The van der Waals surface area contributed by atoms with E-state index in [9.17, 15) is 5.11 Å². The number of aliphatic hydroxyl groups is 1. The van der Waals surface area contributed by atoms with Crippen molar-refractivity contribution in [2.45, 2.75) is 24.7 Å².